The molecule has 0 amide bonds. The lowest BCUT2D eigenvalue weighted by Crippen LogP contribution is -2.67. The minimum atomic E-state index is -2.63. The molecule has 0 saturated carbocycles. The molecule has 0 unspecified atom stereocenters. The summed E-state index contributed by atoms with van der Waals surface area (Å²) in [6.45, 7) is 7.37. The summed E-state index contributed by atoms with van der Waals surface area (Å²) in [5, 5.41) is 11.9. The minimum absolute atomic E-state index is 0.0950. The predicted octanol–water partition coefficient (Wildman–Crippen LogP) is 2.72. The van der Waals surface area contributed by atoms with E-state index in [1.165, 1.54) is 10.4 Å². The van der Waals surface area contributed by atoms with Crippen LogP contribution in [-0.2, 0) is 9.22 Å². The third-order valence-corrected chi connectivity index (χ3v) is 10.6. The third kappa shape index (κ3) is 3.72. The molecule has 0 aromatic heterocycles. The van der Waals surface area contributed by atoms with Gasteiger partial charge in [0.05, 0.1) is 6.10 Å². The summed E-state index contributed by atoms with van der Waals surface area (Å²) >= 11 is 0. The van der Waals surface area contributed by atoms with Crippen LogP contribution in [0.1, 0.15) is 27.2 Å². The molecule has 2 atom stereocenters. The molecule has 0 aliphatic carbocycles. The number of carboxylic acid groups (broad SMARTS) is 1. The van der Waals surface area contributed by atoms with Gasteiger partial charge in [-0.15, -0.1) is 0 Å². The molecule has 2 aromatic carbocycles. The number of rotatable bonds is 5. The van der Waals surface area contributed by atoms with Crippen molar-refractivity contribution in [2.45, 2.75) is 44.4 Å². The second-order valence-electron chi connectivity index (χ2n) is 8.43. The van der Waals surface area contributed by atoms with Gasteiger partial charge in [0.25, 0.3) is 8.32 Å². The highest BCUT2D eigenvalue weighted by molar-refractivity contribution is 6.99. The van der Waals surface area contributed by atoms with Crippen molar-refractivity contribution in [3.05, 3.63) is 60.7 Å². The van der Waals surface area contributed by atoms with E-state index in [0.29, 0.717) is 13.0 Å². The smallest absolute Gasteiger partial charge is 0.321 e. The summed E-state index contributed by atoms with van der Waals surface area (Å²) in [5.41, 5.74) is 0. The average Bonchev–Trinajstić information content (AvgIpc) is 3.00. The van der Waals surface area contributed by atoms with Crippen LogP contribution in [0.2, 0.25) is 5.04 Å². The van der Waals surface area contributed by atoms with Gasteiger partial charge in [0.15, 0.2) is 0 Å². The van der Waals surface area contributed by atoms with Crippen molar-refractivity contribution in [3.8, 4) is 0 Å². The van der Waals surface area contributed by atoms with E-state index in [0.717, 1.165) is 0 Å². The van der Waals surface area contributed by atoms with Crippen LogP contribution in [0, 0.1) is 0 Å². The third-order valence-electron chi connectivity index (χ3n) is 5.56. The standard InChI is InChI=1S/C22H29NO3Si/c1-22(2,3)27(18-11-7-5-8-12-18,19-13-9-6-10-14-19)26-17-15-20(21(24)25)23(4)16-17/h5-14,17,20H,15-16H2,1-4H3,(H,24,25)/t17-,20+/m1/s1. The fraction of sp³-hybridized carbons (Fsp3) is 0.409. The van der Waals surface area contributed by atoms with Gasteiger partial charge < -0.3 is 9.53 Å². The molecule has 2 aromatic rings. The summed E-state index contributed by atoms with van der Waals surface area (Å²) in [7, 11) is -0.759. The number of nitrogens with zero attached hydrogens (tertiary/aromatic N) is 1. The van der Waals surface area contributed by atoms with Gasteiger partial charge in [0.2, 0.25) is 0 Å². The Hall–Kier alpha value is -1.95. The molecule has 1 fully saturated rings. The Bertz CT molecular complexity index is 734. The Morgan fingerprint density at radius 1 is 1.04 bits per heavy atom. The van der Waals surface area contributed by atoms with Gasteiger partial charge >= 0.3 is 5.97 Å². The van der Waals surface area contributed by atoms with Crippen LogP contribution >= 0.6 is 0 Å². The summed E-state index contributed by atoms with van der Waals surface area (Å²) < 4.78 is 7.02. The van der Waals surface area contributed by atoms with Crippen molar-refractivity contribution in [2.24, 2.45) is 0 Å². The monoisotopic (exact) mass is 383 g/mol. The topological polar surface area (TPSA) is 49.8 Å². The number of likely N-dealkylation sites (N-methyl/N-ethyl adjacent to an activating group) is 1. The van der Waals surface area contributed by atoms with Crippen molar-refractivity contribution in [1.29, 1.82) is 0 Å². The van der Waals surface area contributed by atoms with Crippen LogP contribution in [-0.4, -0.2) is 50.0 Å². The molecule has 1 saturated heterocycles. The lowest BCUT2D eigenvalue weighted by Gasteiger charge is -2.44. The fourth-order valence-electron chi connectivity index (χ4n) is 4.27. The van der Waals surface area contributed by atoms with Crippen LogP contribution in [0.3, 0.4) is 0 Å². The van der Waals surface area contributed by atoms with Crippen molar-refractivity contribution in [2.75, 3.05) is 13.6 Å². The Balaban J connectivity index is 2.09. The van der Waals surface area contributed by atoms with E-state index < -0.39 is 20.3 Å². The molecule has 4 nitrogen and oxygen atoms in total. The highest BCUT2D eigenvalue weighted by Gasteiger charge is 2.52. The molecule has 3 rings (SSSR count). The lowest BCUT2D eigenvalue weighted by atomic mass is 10.2. The van der Waals surface area contributed by atoms with Crippen molar-refractivity contribution in [3.63, 3.8) is 0 Å². The van der Waals surface area contributed by atoms with Gasteiger partial charge in [-0.1, -0.05) is 81.4 Å². The molecule has 5 heteroatoms. The summed E-state index contributed by atoms with van der Waals surface area (Å²) in [6.07, 6.45) is 0.429. The molecule has 1 aliphatic heterocycles. The van der Waals surface area contributed by atoms with Gasteiger partial charge in [-0.2, -0.15) is 0 Å². The SMILES string of the molecule is CN1C[C@H](O[Si](c2ccccc2)(c2ccccc2)C(C)(C)C)C[C@H]1C(=O)O. The van der Waals surface area contributed by atoms with E-state index in [4.69, 9.17) is 4.43 Å². The second-order valence-corrected chi connectivity index (χ2v) is 12.7. The van der Waals surface area contributed by atoms with Gasteiger partial charge in [-0.25, -0.2) is 0 Å². The largest absolute Gasteiger partial charge is 0.480 e. The maximum absolute atomic E-state index is 11.6. The first-order valence-electron chi connectivity index (χ1n) is 9.47. The minimum Gasteiger partial charge on any atom is -0.480 e. The number of carbonyl (C=O) groups is 1. The summed E-state index contributed by atoms with van der Waals surface area (Å²) in [6, 6.07) is 20.5. The Labute approximate surface area is 162 Å². The van der Waals surface area contributed by atoms with Gasteiger partial charge in [-0.05, 0) is 28.9 Å². The molecule has 0 radical (unpaired) electrons. The molecule has 144 valence electrons. The van der Waals surface area contributed by atoms with E-state index in [1.807, 2.05) is 24.1 Å². The first-order valence-corrected chi connectivity index (χ1v) is 11.4. The molecular formula is C22H29NO3Si. The number of aliphatic carboxylic acids is 1. The molecule has 0 spiro atoms. The lowest BCUT2D eigenvalue weighted by molar-refractivity contribution is -0.141. The maximum Gasteiger partial charge on any atom is 0.321 e. The first kappa shape index (κ1) is 19.8. The molecule has 27 heavy (non-hydrogen) atoms. The normalized spacial score (nSPS) is 21.3. The number of benzene rings is 2. The van der Waals surface area contributed by atoms with E-state index >= 15 is 0 Å². The van der Waals surface area contributed by atoms with Gasteiger partial charge in [0.1, 0.15) is 6.04 Å². The van der Waals surface area contributed by atoms with E-state index in [1.54, 1.807) is 0 Å². The van der Waals surface area contributed by atoms with E-state index in [2.05, 4.69) is 69.3 Å². The highest BCUT2D eigenvalue weighted by Crippen LogP contribution is 2.38. The van der Waals surface area contributed by atoms with E-state index in [-0.39, 0.29) is 11.1 Å². The Morgan fingerprint density at radius 3 is 1.89 bits per heavy atom. The van der Waals surface area contributed by atoms with Crippen molar-refractivity contribution >= 4 is 24.7 Å². The summed E-state index contributed by atoms with van der Waals surface area (Å²) in [4.78, 5) is 13.5. The highest BCUT2D eigenvalue weighted by atomic mass is 28.4. The van der Waals surface area contributed by atoms with E-state index in [9.17, 15) is 9.90 Å². The quantitative estimate of drug-likeness (QED) is 0.807. The summed E-state index contributed by atoms with van der Waals surface area (Å²) in [5.74, 6) is -0.772. The molecule has 0 bridgehead atoms. The number of likely N-dealkylation sites (tertiary alicyclic amines) is 1. The predicted molar refractivity (Wildman–Crippen MR) is 111 cm³/mol. The average molecular weight is 384 g/mol. The molecule has 1 heterocycles. The zero-order valence-corrected chi connectivity index (χ0v) is 17.6. The van der Waals surface area contributed by atoms with Crippen molar-refractivity contribution < 1.29 is 14.3 Å². The zero-order valence-electron chi connectivity index (χ0n) is 16.6. The number of hydrogen-bond acceptors (Lipinski definition) is 3. The first-order chi connectivity index (χ1) is 12.8. The van der Waals surface area contributed by atoms with Crippen LogP contribution in [0.4, 0.5) is 0 Å². The number of carboxylic acids is 1. The van der Waals surface area contributed by atoms with Crippen LogP contribution in [0.15, 0.2) is 60.7 Å². The second kappa shape index (κ2) is 7.58. The Morgan fingerprint density at radius 2 is 1.52 bits per heavy atom. The Kier molecular flexibility index (Phi) is 5.56. The number of hydrogen-bond donors (Lipinski definition) is 1. The molecular weight excluding hydrogens is 354 g/mol. The van der Waals surface area contributed by atoms with Crippen LogP contribution in [0.25, 0.3) is 0 Å². The van der Waals surface area contributed by atoms with Gasteiger partial charge in [0, 0.05) is 6.54 Å². The zero-order chi connectivity index (χ0) is 19.7. The maximum atomic E-state index is 11.6. The van der Waals surface area contributed by atoms with Crippen molar-refractivity contribution in [1.82, 2.24) is 4.90 Å². The van der Waals surface area contributed by atoms with Crippen LogP contribution in [0.5, 0.6) is 0 Å². The van der Waals surface area contributed by atoms with Crippen LogP contribution < -0.4 is 10.4 Å². The molecule has 1 aliphatic rings. The fourth-order valence-corrected chi connectivity index (χ4v) is 8.95. The molecule has 1 N–H and O–H groups in total. The van der Waals surface area contributed by atoms with Gasteiger partial charge in [-0.3, -0.25) is 9.69 Å².